The topological polar surface area (TPSA) is 106 Å². The molecular formula is C34H36FN9. The third kappa shape index (κ3) is 6.02. The highest BCUT2D eigenvalue weighted by molar-refractivity contribution is 5.97. The van der Waals surface area contributed by atoms with E-state index in [1.165, 1.54) is 12.1 Å². The minimum atomic E-state index is -0.398. The lowest BCUT2D eigenvalue weighted by atomic mass is 9.91. The fourth-order valence-electron chi connectivity index (χ4n) is 5.51. The van der Waals surface area contributed by atoms with Gasteiger partial charge in [0.05, 0.1) is 34.8 Å². The Kier molecular flexibility index (Phi) is 8.08. The summed E-state index contributed by atoms with van der Waals surface area (Å²) in [5.74, 6) is -0.324. The number of aromatic nitrogens is 4. The number of aromatic amines is 1. The molecule has 0 fully saturated rings. The van der Waals surface area contributed by atoms with Crippen molar-refractivity contribution in [3.8, 4) is 22.3 Å². The molecule has 4 N–H and O–H groups in total. The van der Waals surface area contributed by atoms with Crippen molar-refractivity contribution in [2.45, 2.75) is 25.9 Å². The van der Waals surface area contributed by atoms with Gasteiger partial charge in [0.15, 0.2) is 0 Å². The number of pyridine rings is 2. The minimum absolute atomic E-state index is 0.302. The van der Waals surface area contributed by atoms with Gasteiger partial charge < -0.3 is 20.9 Å². The zero-order valence-electron chi connectivity index (χ0n) is 25.3. The Hall–Kier alpha value is -5.09. The summed E-state index contributed by atoms with van der Waals surface area (Å²) in [6, 6.07) is 13.2. The maximum atomic E-state index is 14.8. The number of nitrogens with one attached hydrogen (secondary N) is 4. The molecule has 224 valence electrons. The molecule has 10 heteroatoms. The quantitative estimate of drug-likeness (QED) is 0.132. The molecule has 0 amide bonds. The molecule has 44 heavy (non-hydrogen) atoms. The highest BCUT2D eigenvalue weighted by atomic mass is 19.1. The molecule has 5 aromatic rings. The fraction of sp³-hybridized carbons (Fsp3) is 0.235. The van der Waals surface area contributed by atoms with Crippen LogP contribution in [-0.2, 0) is 0 Å². The average Bonchev–Trinajstić information content (AvgIpc) is 3.43. The van der Waals surface area contributed by atoms with Crippen molar-refractivity contribution in [1.29, 1.82) is 0 Å². The van der Waals surface area contributed by atoms with E-state index in [0.717, 1.165) is 62.5 Å². The molecule has 0 aliphatic carbocycles. The van der Waals surface area contributed by atoms with E-state index < -0.39 is 6.04 Å². The van der Waals surface area contributed by atoms with Crippen LogP contribution in [0.2, 0.25) is 0 Å². The predicted molar refractivity (Wildman–Crippen MR) is 179 cm³/mol. The van der Waals surface area contributed by atoms with Gasteiger partial charge in [-0.3, -0.25) is 20.1 Å². The van der Waals surface area contributed by atoms with Gasteiger partial charge in [-0.15, -0.1) is 0 Å². The zero-order valence-corrected chi connectivity index (χ0v) is 25.3. The summed E-state index contributed by atoms with van der Waals surface area (Å²) in [6.07, 6.45) is 9.21. The molecule has 3 aromatic heterocycles. The second-order valence-electron chi connectivity index (χ2n) is 11.5. The second kappa shape index (κ2) is 12.3. The second-order valence-corrected chi connectivity index (χ2v) is 11.5. The maximum Gasteiger partial charge on any atom is 0.125 e. The molecule has 9 nitrogen and oxygen atoms in total. The van der Waals surface area contributed by atoms with Crippen molar-refractivity contribution in [3.05, 3.63) is 90.4 Å². The Morgan fingerprint density at radius 2 is 1.80 bits per heavy atom. The van der Waals surface area contributed by atoms with Crippen LogP contribution in [0.25, 0.3) is 38.9 Å². The Bertz CT molecular complexity index is 1860. The highest BCUT2D eigenvalue weighted by Gasteiger charge is 2.26. The first-order chi connectivity index (χ1) is 21.3. The highest BCUT2D eigenvalue weighted by Crippen LogP contribution is 2.42. The summed E-state index contributed by atoms with van der Waals surface area (Å²) < 4.78 is 14.8. The Labute approximate surface area is 256 Å². The number of hydrogen-bond acceptors (Lipinski definition) is 8. The van der Waals surface area contributed by atoms with Gasteiger partial charge in [-0.2, -0.15) is 5.10 Å². The first-order valence-corrected chi connectivity index (χ1v) is 14.6. The van der Waals surface area contributed by atoms with Crippen LogP contribution in [0.1, 0.15) is 31.1 Å². The molecule has 0 saturated carbocycles. The van der Waals surface area contributed by atoms with Crippen molar-refractivity contribution in [3.63, 3.8) is 0 Å². The molecule has 6 rings (SSSR count). The number of nitrogens with zero attached hydrogens (tertiary/aromatic N) is 5. The summed E-state index contributed by atoms with van der Waals surface area (Å²) in [4.78, 5) is 15.5. The van der Waals surface area contributed by atoms with E-state index in [0.29, 0.717) is 23.8 Å². The SMILES string of the molecule is C=NC1C=C(c2n[nH]c3ccc(-c4cncc(NC(C)C)c4)cc23)Nc2cncc(-c3cc(F)cc(NCCN(C)C)c3)c21. The van der Waals surface area contributed by atoms with Crippen molar-refractivity contribution < 1.29 is 4.39 Å². The average molecular weight is 590 g/mol. The van der Waals surface area contributed by atoms with E-state index >= 15 is 0 Å². The lowest BCUT2D eigenvalue weighted by Gasteiger charge is -2.25. The predicted octanol–water partition coefficient (Wildman–Crippen LogP) is 6.83. The first-order valence-electron chi connectivity index (χ1n) is 14.6. The van der Waals surface area contributed by atoms with Crippen molar-refractivity contribution >= 4 is 40.4 Å². The molecule has 1 unspecified atom stereocenters. The number of halogens is 1. The van der Waals surface area contributed by atoms with Crippen molar-refractivity contribution in [2.75, 3.05) is 43.1 Å². The van der Waals surface area contributed by atoms with E-state index in [1.807, 2.05) is 44.7 Å². The van der Waals surface area contributed by atoms with E-state index in [1.54, 1.807) is 12.4 Å². The maximum absolute atomic E-state index is 14.8. The molecule has 0 radical (unpaired) electrons. The Balaban J connectivity index is 1.35. The third-order valence-electron chi connectivity index (χ3n) is 7.52. The number of rotatable bonds is 10. The Morgan fingerprint density at radius 3 is 2.59 bits per heavy atom. The van der Waals surface area contributed by atoms with Gasteiger partial charge in [-0.1, -0.05) is 6.07 Å². The number of likely N-dealkylation sites (N-methyl/N-ethyl adjacent to an activating group) is 1. The summed E-state index contributed by atoms with van der Waals surface area (Å²) >= 11 is 0. The molecule has 1 aliphatic heterocycles. The minimum Gasteiger partial charge on any atom is -0.384 e. The van der Waals surface area contributed by atoms with Gasteiger partial charge in [0.2, 0.25) is 0 Å². The molecule has 4 heterocycles. The van der Waals surface area contributed by atoms with Crippen LogP contribution in [0.4, 0.5) is 21.5 Å². The molecule has 0 bridgehead atoms. The number of hydrogen-bond donors (Lipinski definition) is 4. The van der Waals surface area contributed by atoms with Gasteiger partial charge in [-0.25, -0.2) is 4.39 Å². The van der Waals surface area contributed by atoms with Gasteiger partial charge in [-0.05, 0) is 88.3 Å². The molecule has 1 atom stereocenters. The standard InChI is InChI=1S/C34H36FN9/c1-20(2)40-26-12-23(16-37-17-26)21-6-7-29-27(13-21)34(43-42-29)31-15-30(36-3)33-28(18-38-19-32(33)41-31)22-10-24(35)14-25(11-22)39-8-9-44(4)5/h6-7,10-20,30,39-41H,3,8-9H2,1-2,4-5H3,(H,42,43). The number of aliphatic imine (C=N–C) groups is 1. The van der Waals surface area contributed by atoms with E-state index in [2.05, 4.69) is 84.8 Å². The lowest BCUT2D eigenvalue weighted by Crippen LogP contribution is -2.20. The zero-order chi connectivity index (χ0) is 30.8. The van der Waals surface area contributed by atoms with Gasteiger partial charge in [0, 0.05) is 65.5 Å². The summed E-state index contributed by atoms with van der Waals surface area (Å²) in [6.45, 7) is 9.62. The third-order valence-corrected chi connectivity index (χ3v) is 7.52. The normalized spacial score (nSPS) is 14.3. The molecular weight excluding hydrogens is 553 g/mol. The number of anilines is 3. The van der Waals surface area contributed by atoms with Crippen LogP contribution in [0.15, 0.2) is 78.3 Å². The van der Waals surface area contributed by atoms with E-state index in [9.17, 15) is 4.39 Å². The van der Waals surface area contributed by atoms with Crippen LogP contribution in [0, 0.1) is 5.82 Å². The van der Waals surface area contributed by atoms with Crippen LogP contribution in [-0.4, -0.2) is 65.0 Å². The summed E-state index contributed by atoms with van der Waals surface area (Å²) in [5.41, 5.74) is 9.32. The summed E-state index contributed by atoms with van der Waals surface area (Å²) in [5, 5.41) is 19.0. The molecule has 0 saturated heterocycles. The van der Waals surface area contributed by atoms with Crippen LogP contribution < -0.4 is 16.0 Å². The molecule has 0 spiro atoms. The van der Waals surface area contributed by atoms with Gasteiger partial charge in [0.1, 0.15) is 11.5 Å². The number of benzene rings is 2. The Morgan fingerprint density at radius 1 is 0.977 bits per heavy atom. The van der Waals surface area contributed by atoms with Crippen molar-refractivity contribution in [1.82, 2.24) is 25.1 Å². The summed E-state index contributed by atoms with van der Waals surface area (Å²) in [7, 11) is 4.01. The lowest BCUT2D eigenvalue weighted by molar-refractivity contribution is 0.425. The fourth-order valence-corrected chi connectivity index (χ4v) is 5.51. The van der Waals surface area contributed by atoms with Crippen LogP contribution >= 0.6 is 0 Å². The van der Waals surface area contributed by atoms with E-state index in [4.69, 9.17) is 0 Å². The van der Waals surface area contributed by atoms with Crippen molar-refractivity contribution in [2.24, 2.45) is 4.99 Å². The monoisotopic (exact) mass is 589 g/mol. The van der Waals surface area contributed by atoms with Crippen LogP contribution in [0.5, 0.6) is 0 Å². The largest absolute Gasteiger partial charge is 0.384 e. The van der Waals surface area contributed by atoms with E-state index in [-0.39, 0.29) is 5.82 Å². The molecule has 2 aromatic carbocycles. The van der Waals surface area contributed by atoms with Gasteiger partial charge in [0.25, 0.3) is 0 Å². The number of fused-ring (bicyclic) bond motifs is 2. The number of H-pyrrole nitrogens is 1. The smallest absolute Gasteiger partial charge is 0.125 e. The van der Waals surface area contributed by atoms with Gasteiger partial charge >= 0.3 is 0 Å². The van der Waals surface area contributed by atoms with Crippen LogP contribution in [0.3, 0.4) is 0 Å². The molecule has 1 aliphatic rings. The first kappa shape index (κ1) is 29.0.